The summed E-state index contributed by atoms with van der Waals surface area (Å²) < 4.78 is 2.26. The zero-order valence-electron chi connectivity index (χ0n) is 28.4. The van der Waals surface area contributed by atoms with E-state index in [4.69, 9.17) is 11.6 Å². The lowest BCUT2D eigenvalue weighted by atomic mass is 9.98. The Morgan fingerprint density at radius 1 is 0.640 bits per heavy atom. The SMILES string of the molecule is C=C1/C=c2\c(c3c(n2C)\C=C/C=C\C=C/C=C/C=C/3)=C/c2c(/C=C\C=C\C)cccc2N1c1cc(-c2ccccc2)cc(-c2ccccc2)n1. The van der Waals surface area contributed by atoms with Crippen molar-refractivity contribution in [2.24, 2.45) is 7.05 Å². The van der Waals surface area contributed by atoms with Crippen LogP contribution in [0.3, 0.4) is 0 Å². The smallest absolute Gasteiger partial charge is 0.138 e. The molecule has 0 spiro atoms. The Hall–Kier alpha value is -6.45. The van der Waals surface area contributed by atoms with E-state index in [0.717, 1.165) is 72.5 Å². The predicted octanol–water partition coefficient (Wildman–Crippen LogP) is 10.3. The van der Waals surface area contributed by atoms with Gasteiger partial charge in [0, 0.05) is 40.3 Å². The van der Waals surface area contributed by atoms with E-state index < -0.39 is 0 Å². The molecule has 0 fully saturated rings. The van der Waals surface area contributed by atoms with Gasteiger partial charge < -0.3 is 4.57 Å². The Balaban J connectivity index is 1.54. The van der Waals surface area contributed by atoms with Crippen molar-refractivity contribution in [2.75, 3.05) is 4.90 Å². The standard InChI is InChI=1S/C47H39N3/c1-4-5-14-24-37-27-21-30-45-41(37)34-42-40-28-19-10-8-6-7-9-11-20-29-44(40)49(3)46(42)31-35(2)50(45)47-33-39(36-22-15-12-16-23-36)32-43(48-47)38-25-17-13-18-26-38/h4-34H,2H2,1,3H3/b5-4+,7-6-,8-6?,9-7?,10-8+,11-9-,19-10?,20-11?,24-14-,28-19+,29-20-,40-28?,42-34-,44-29?,46-31+. The van der Waals surface area contributed by atoms with Crippen molar-refractivity contribution >= 4 is 41.9 Å². The first-order valence-corrected chi connectivity index (χ1v) is 16.9. The third kappa shape index (κ3) is 6.63. The molecule has 7 rings (SSSR count). The molecule has 3 nitrogen and oxygen atoms in total. The highest BCUT2D eigenvalue weighted by molar-refractivity contribution is 5.87. The van der Waals surface area contributed by atoms with E-state index in [1.165, 1.54) is 0 Å². The summed E-state index contributed by atoms with van der Waals surface area (Å²) in [5.74, 6) is 0.801. The van der Waals surface area contributed by atoms with E-state index in [1.54, 1.807) is 0 Å². The molecule has 2 aliphatic rings. The van der Waals surface area contributed by atoms with Crippen LogP contribution in [0, 0.1) is 0 Å². The Morgan fingerprint density at radius 3 is 2.04 bits per heavy atom. The van der Waals surface area contributed by atoms with Crippen molar-refractivity contribution in [1.29, 1.82) is 0 Å². The van der Waals surface area contributed by atoms with Crippen LogP contribution in [-0.4, -0.2) is 9.55 Å². The molecule has 3 heterocycles. The lowest BCUT2D eigenvalue weighted by Crippen LogP contribution is -2.32. The Kier molecular flexibility index (Phi) is 9.48. The minimum absolute atomic E-state index is 0.801. The fourth-order valence-electron chi connectivity index (χ4n) is 6.47. The number of hydrogen-bond acceptors (Lipinski definition) is 2. The van der Waals surface area contributed by atoms with E-state index >= 15 is 0 Å². The van der Waals surface area contributed by atoms with Crippen LogP contribution in [0.4, 0.5) is 11.5 Å². The maximum Gasteiger partial charge on any atom is 0.138 e. The minimum Gasteiger partial charge on any atom is -0.344 e. The topological polar surface area (TPSA) is 21.1 Å². The highest BCUT2D eigenvalue weighted by atomic mass is 15.2. The first-order chi connectivity index (χ1) is 24.6. The monoisotopic (exact) mass is 645 g/mol. The molecule has 0 saturated carbocycles. The lowest BCUT2D eigenvalue weighted by Gasteiger charge is -2.28. The average molecular weight is 646 g/mol. The highest BCUT2D eigenvalue weighted by Gasteiger charge is 2.23. The van der Waals surface area contributed by atoms with Crippen LogP contribution in [0.5, 0.6) is 0 Å². The van der Waals surface area contributed by atoms with Gasteiger partial charge in [-0.15, -0.1) is 0 Å². The van der Waals surface area contributed by atoms with Gasteiger partial charge >= 0.3 is 0 Å². The van der Waals surface area contributed by atoms with Crippen LogP contribution in [0.2, 0.25) is 0 Å². The van der Waals surface area contributed by atoms with Crippen LogP contribution in [0.25, 0.3) is 52.8 Å². The third-order valence-corrected chi connectivity index (χ3v) is 8.89. The van der Waals surface area contributed by atoms with Gasteiger partial charge in [0.15, 0.2) is 0 Å². The van der Waals surface area contributed by atoms with Gasteiger partial charge in [0.25, 0.3) is 0 Å². The van der Waals surface area contributed by atoms with E-state index in [1.807, 2.05) is 43.4 Å². The summed E-state index contributed by atoms with van der Waals surface area (Å²) in [6, 6.07) is 31.7. The highest BCUT2D eigenvalue weighted by Crippen LogP contribution is 2.38. The summed E-state index contributed by atoms with van der Waals surface area (Å²) in [6.45, 7) is 6.76. The minimum atomic E-state index is 0.801. The van der Waals surface area contributed by atoms with Crippen molar-refractivity contribution in [3.63, 3.8) is 0 Å². The van der Waals surface area contributed by atoms with Crippen molar-refractivity contribution in [3.8, 4) is 22.4 Å². The second-order valence-electron chi connectivity index (χ2n) is 12.1. The van der Waals surface area contributed by atoms with Gasteiger partial charge in [-0.2, -0.15) is 0 Å². The molecule has 1 aliphatic heterocycles. The number of hydrogen-bond donors (Lipinski definition) is 0. The quantitative estimate of drug-likeness (QED) is 0.177. The normalized spacial score (nSPS) is 18.5. The zero-order chi connectivity index (χ0) is 34.3. The van der Waals surface area contributed by atoms with Crippen LogP contribution in [0.15, 0.2) is 170 Å². The largest absolute Gasteiger partial charge is 0.344 e. The predicted molar refractivity (Wildman–Crippen MR) is 215 cm³/mol. The molecule has 3 aromatic carbocycles. The molecular weight excluding hydrogens is 607 g/mol. The fraction of sp³-hybridized carbons (Fsp3) is 0.0426. The maximum atomic E-state index is 5.34. The first kappa shape index (κ1) is 32.1. The van der Waals surface area contributed by atoms with E-state index in [0.29, 0.717) is 0 Å². The number of rotatable bonds is 5. The summed E-state index contributed by atoms with van der Waals surface area (Å²) >= 11 is 0. The van der Waals surface area contributed by atoms with E-state index in [9.17, 15) is 0 Å². The van der Waals surface area contributed by atoms with Gasteiger partial charge in [-0.3, -0.25) is 4.90 Å². The van der Waals surface area contributed by atoms with Crippen molar-refractivity contribution in [3.05, 3.63) is 203 Å². The fourth-order valence-corrected chi connectivity index (χ4v) is 6.47. The molecule has 3 heteroatoms. The van der Waals surface area contributed by atoms with Crippen molar-refractivity contribution in [2.45, 2.75) is 6.92 Å². The molecule has 1 aliphatic carbocycles. The Morgan fingerprint density at radius 2 is 1.32 bits per heavy atom. The van der Waals surface area contributed by atoms with Gasteiger partial charge in [-0.1, -0.05) is 158 Å². The molecule has 0 amide bonds. The molecule has 242 valence electrons. The molecule has 0 atom stereocenters. The molecule has 0 radical (unpaired) electrons. The summed E-state index contributed by atoms with van der Waals surface area (Å²) in [4.78, 5) is 7.54. The van der Waals surface area contributed by atoms with Crippen LogP contribution in [-0.2, 0) is 7.05 Å². The first-order valence-electron chi connectivity index (χ1n) is 16.9. The summed E-state index contributed by atoms with van der Waals surface area (Å²) in [6.07, 6.45) is 33.8. The zero-order valence-corrected chi connectivity index (χ0v) is 28.4. The number of nitrogens with zero attached hydrogens (tertiary/aromatic N) is 3. The van der Waals surface area contributed by atoms with Crippen molar-refractivity contribution in [1.82, 2.24) is 9.55 Å². The molecule has 50 heavy (non-hydrogen) atoms. The summed E-state index contributed by atoms with van der Waals surface area (Å²) in [5, 5.41) is 2.21. The molecule has 0 unspecified atom stereocenters. The van der Waals surface area contributed by atoms with Crippen molar-refractivity contribution < 1.29 is 0 Å². The lowest BCUT2D eigenvalue weighted by molar-refractivity contribution is 0.875. The number of fused-ring (bicyclic) bond motifs is 4. The van der Waals surface area contributed by atoms with Crippen LogP contribution >= 0.6 is 0 Å². The van der Waals surface area contributed by atoms with Crippen LogP contribution < -0.4 is 15.5 Å². The molecule has 5 aromatic rings. The molecule has 0 N–H and O–H groups in total. The van der Waals surface area contributed by atoms with Gasteiger partial charge in [0.1, 0.15) is 5.82 Å². The number of allylic oxidation sites excluding steroid dienone is 12. The molecule has 0 saturated heterocycles. The number of benzene rings is 3. The number of anilines is 2. The molecular formula is C47H39N3. The molecule has 0 bridgehead atoms. The number of aromatic nitrogens is 2. The third-order valence-electron chi connectivity index (χ3n) is 8.89. The average Bonchev–Trinajstić information content (AvgIpc) is 3.37. The van der Waals surface area contributed by atoms with Gasteiger partial charge in [-0.25, -0.2) is 4.98 Å². The van der Waals surface area contributed by atoms with E-state index in [-0.39, 0.29) is 0 Å². The van der Waals surface area contributed by atoms with Gasteiger partial charge in [-0.05, 0) is 60.0 Å². The second-order valence-corrected chi connectivity index (χ2v) is 12.1. The van der Waals surface area contributed by atoms with E-state index in [2.05, 4.69) is 168 Å². The Bertz CT molecular complexity index is 2330. The number of pyridine rings is 1. The van der Waals surface area contributed by atoms with Gasteiger partial charge in [0.05, 0.1) is 16.7 Å². The maximum absolute atomic E-state index is 5.34. The Labute approximate surface area is 294 Å². The summed E-state index contributed by atoms with van der Waals surface area (Å²) in [7, 11) is 2.13. The van der Waals surface area contributed by atoms with Gasteiger partial charge in [0.2, 0.25) is 0 Å². The molecule has 2 aromatic heterocycles. The second kappa shape index (κ2) is 14.8. The summed E-state index contributed by atoms with van der Waals surface area (Å²) in [5.41, 5.74) is 10.5. The van der Waals surface area contributed by atoms with Crippen LogP contribution in [0.1, 0.15) is 29.3 Å².